The number of nitrogens with zero attached hydrogens (tertiary/aromatic N) is 3. The Morgan fingerprint density at radius 3 is 2.47 bits per heavy atom. The van der Waals surface area contributed by atoms with Crippen molar-refractivity contribution in [1.29, 1.82) is 0 Å². The fraction of sp³-hybridized carbons (Fsp3) is 0.222. The third-order valence-corrected chi connectivity index (χ3v) is 6.52. The second kappa shape index (κ2) is 10.1. The van der Waals surface area contributed by atoms with E-state index in [1.165, 1.54) is 11.3 Å². The molecule has 0 aliphatic carbocycles. The van der Waals surface area contributed by atoms with Crippen molar-refractivity contribution in [3.8, 4) is 0 Å². The maximum Gasteiger partial charge on any atom is 0.338 e. The summed E-state index contributed by atoms with van der Waals surface area (Å²) in [5, 5.41) is 0. The number of allylic oxidation sites excluding steroid dienone is 2. The quantitative estimate of drug-likeness (QED) is 0.514. The molecule has 2 heterocycles. The molecular formula is C27H27N3O3S. The minimum atomic E-state index is -0.603. The molecule has 0 amide bonds. The number of aromatic nitrogens is 1. The van der Waals surface area contributed by atoms with Crippen molar-refractivity contribution in [3.63, 3.8) is 0 Å². The van der Waals surface area contributed by atoms with Crippen LogP contribution in [0, 0.1) is 0 Å². The third kappa shape index (κ3) is 4.79. The van der Waals surface area contributed by atoms with Gasteiger partial charge in [-0.15, -0.1) is 0 Å². The SMILES string of the molecule is CCOC(=O)C1=C(C)N=c2s/c(=C\c3ccc(N(C)C)cc3)c(=O)n2[C@@H]1/C=C/c1ccccc1. The zero-order valence-electron chi connectivity index (χ0n) is 19.7. The first kappa shape index (κ1) is 23.4. The van der Waals surface area contributed by atoms with Gasteiger partial charge in [0.25, 0.3) is 5.56 Å². The van der Waals surface area contributed by atoms with Gasteiger partial charge in [-0.25, -0.2) is 9.79 Å². The first-order chi connectivity index (χ1) is 16.4. The van der Waals surface area contributed by atoms with Crippen LogP contribution in [0.4, 0.5) is 5.69 Å². The summed E-state index contributed by atoms with van der Waals surface area (Å²) in [5.41, 5.74) is 3.74. The van der Waals surface area contributed by atoms with Crippen molar-refractivity contribution in [3.05, 3.63) is 103 Å². The van der Waals surface area contributed by atoms with Crippen molar-refractivity contribution >= 4 is 35.1 Å². The smallest absolute Gasteiger partial charge is 0.338 e. The first-order valence-corrected chi connectivity index (χ1v) is 11.9. The molecule has 0 fully saturated rings. The average Bonchev–Trinajstić information content (AvgIpc) is 3.12. The van der Waals surface area contributed by atoms with E-state index in [4.69, 9.17) is 4.74 Å². The van der Waals surface area contributed by atoms with Crippen LogP contribution in [0.2, 0.25) is 0 Å². The molecule has 1 atom stereocenters. The maximum absolute atomic E-state index is 13.5. The Labute approximate surface area is 202 Å². The van der Waals surface area contributed by atoms with Gasteiger partial charge in [-0.1, -0.05) is 66.0 Å². The van der Waals surface area contributed by atoms with Gasteiger partial charge in [0.05, 0.1) is 28.5 Å². The normalized spacial score (nSPS) is 15.9. The van der Waals surface area contributed by atoms with Crippen molar-refractivity contribution in [2.45, 2.75) is 19.9 Å². The number of carbonyl (C=O) groups is 1. The number of fused-ring (bicyclic) bond motifs is 1. The molecule has 0 N–H and O–H groups in total. The van der Waals surface area contributed by atoms with Crippen LogP contribution in [0.25, 0.3) is 12.2 Å². The van der Waals surface area contributed by atoms with Gasteiger partial charge in [0.2, 0.25) is 0 Å². The third-order valence-electron chi connectivity index (χ3n) is 5.54. The van der Waals surface area contributed by atoms with Crippen LogP contribution in [-0.4, -0.2) is 31.2 Å². The van der Waals surface area contributed by atoms with E-state index in [1.54, 1.807) is 18.4 Å². The Bertz CT molecular complexity index is 1430. The van der Waals surface area contributed by atoms with Gasteiger partial charge in [0.15, 0.2) is 4.80 Å². The average molecular weight is 474 g/mol. The van der Waals surface area contributed by atoms with Gasteiger partial charge in [-0.05, 0) is 43.2 Å². The van der Waals surface area contributed by atoms with Crippen LogP contribution >= 0.6 is 11.3 Å². The molecular weight excluding hydrogens is 446 g/mol. The number of benzene rings is 2. The standard InChI is InChI=1S/C27H27N3O3S/c1-5-33-26(32)24-18(2)28-27-30(22(24)16-13-19-9-7-6-8-10-19)25(31)23(34-27)17-20-11-14-21(15-12-20)29(3)4/h6-17,22H,5H2,1-4H3/b16-13+,23-17-/t22-/m1/s1. The van der Waals surface area contributed by atoms with E-state index in [9.17, 15) is 9.59 Å². The molecule has 1 aromatic heterocycles. The van der Waals surface area contributed by atoms with Crippen LogP contribution in [0.5, 0.6) is 0 Å². The summed E-state index contributed by atoms with van der Waals surface area (Å²) in [7, 11) is 3.97. The lowest BCUT2D eigenvalue weighted by Gasteiger charge is -2.21. The number of ether oxygens (including phenoxy) is 1. The lowest BCUT2D eigenvalue weighted by Crippen LogP contribution is -2.38. The van der Waals surface area contributed by atoms with E-state index in [0.29, 0.717) is 20.6 Å². The van der Waals surface area contributed by atoms with Gasteiger partial charge >= 0.3 is 5.97 Å². The minimum absolute atomic E-state index is 0.183. The van der Waals surface area contributed by atoms with Crippen LogP contribution < -0.4 is 19.8 Å². The number of hydrogen-bond donors (Lipinski definition) is 0. The molecule has 0 spiro atoms. The predicted molar refractivity (Wildman–Crippen MR) is 138 cm³/mol. The van der Waals surface area contributed by atoms with Crippen LogP contribution in [0.1, 0.15) is 31.0 Å². The molecule has 6 nitrogen and oxygen atoms in total. The number of thiazole rings is 1. The molecule has 0 bridgehead atoms. The van der Waals surface area contributed by atoms with E-state index < -0.39 is 12.0 Å². The maximum atomic E-state index is 13.5. The van der Waals surface area contributed by atoms with Crippen molar-refractivity contribution in [1.82, 2.24) is 4.57 Å². The number of hydrogen-bond acceptors (Lipinski definition) is 6. The molecule has 4 rings (SSSR count). The highest BCUT2D eigenvalue weighted by molar-refractivity contribution is 7.07. The van der Waals surface area contributed by atoms with Gasteiger partial charge < -0.3 is 9.64 Å². The Hall–Kier alpha value is -3.71. The van der Waals surface area contributed by atoms with Gasteiger partial charge in [-0.2, -0.15) is 0 Å². The number of rotatable bonds is 6. The summed E-state index contributed by atoms with van der Waals surface area (Å²) in [6.07, 6.45) is 5.65. The monoisotopic (exact) mass is 473 g/mol. The van der Waals surface area contributed by atoms with Crippen LogP contribution in [0.15, 0.2) is 81.7 Å². The fourth-order valence-corrected chi connectivity index (χ4v) is 4.86. The topological polar surface area (TPSA) is 63.9 Å². The summed E-state index contributed by atoms with van der Waals surface area (Å²) in [4.78, 5) is 33.5. The van der Waals surface area contributed by atoms with Crippen molar-refractivity contribution in [2.24, 2.45) is 4.99 Å². The fourth-order valence-electron chi connectivity index (χ4n) is 3.80. The van der Waals surface area contributed by atoms with Crippen LogP contribution in [-0.2, 0) is 9.53 Å². The Kier molecular flexibility index (Phi) is 6.93. The summed E-state index contributed by atoms with van der Waals surface area (Å²) >= 11 is 1.32. The minimum Gasteiger partial charge on any atom is -0.463 e. The Morgan fingerprint density at radius 2 is 1.82 bits per heavy atom. The second-order valence-electron chi connectivity index (χ2n) is 8.10. The van der Waals surface area contributed by atoms with Gasteiger partial charge in [0, 0.05) is 19.8 Å². The molecule has 0 saturated heterocycles. The zero-order valence-corrected chi connectivity index (χ0v) is 20.5. The second-order valence-corrected chi connectivity index (χ2v) is 9.11. The van der Waals surface area contributed by atoms with E-state index in [-0.39, 0.29) is 12.2 Å². The van der Waals surface area contributed by atoms with Gasteiger partial charge in [-0.3, -0.25) is 9.36 Å². The molecule has 1 aliphatic rings. The van der Waals surface area contributed by atoms with E-state index in [2.05, 4.69) is 4.99 Å². The molecule has 34 heavy (non-hydrogen) atoms. The highest BCUT2D eigenvalue weighted by atomic mass is 32.1. The summed E-state index contributed by atoms with van der Waals surface area (Å²) in [6.45, 7) is 3.80. The highest BCUT2D eigenvalue weighted by Gasteiger charge is 2.30. The Morgan fingerprint density at radius 1 is 1.12 bits per heavy atom. The van der Waals surface area contributed by atoms with Crippen LogP contribution in [0.3, 0.4) is 0 Å². The molecule has 174 valence electrons. The molecule has 3 aromatic rings. The molecule has 1 aliphatic heterocycles. The highest BCUT2D eigenvalue weighted by Crippen LogP contribution is 2.26. The number of anilines is 1. The lowest BCUT2D eigenvalue weighted by molar-refractivity contribution is -0.139. The van der Waals surface area contributed by atoms with E-state index >= 15 is 0 Å². The number of esters is 1. The van der Waals surface area contributed by atoms with E-state index in [0.717, 1.165) is 16.8 Å². The van der Waals surface area contributed by atoms with Gasteiger partial charge in [0.1, 0.15) is 0 Å². The lowest BCUT2D eigenvalue weighted by atomic mass is 10.0. The van der Waals surface area contributed by atoms with E-state index in [1.807, 2.05) is 91.8 Å². The Balaban J connectivity index is 1.83. The first-order valence-electron chi connectivity index (χ1n) is 11.1. The van der Waals surface area contributed by atoms with Crippen molar-refractivity contribution < 1.29 is 9.53 Å². The molecule has 0 saturated carbocycles. The predicted octanol–water partition coefficient (Wildman–Crippen LogP) is 3.53. The molecule has 2 aromatic carbocycles. The molecule has 0 radical (unpaired) electrons. The molecule has 0 unspecified atom stereocenters. The van der Waals surface area contributed by atoms with Crippen molar-refractivity contribution in [2.75, 3.05) is 25.6 Å². The molecule has 7 heteroatoms. The summed E-state index contributed by atoms with van der Waals surface area (Å²) < 4.78 is 7.46. The number of carbonyl (C=O) groups excluding carboxylic acids is 1. The zero-order chi connectivity index (χ0) is 24.2. The summed E-state index contributed by atoms with van der Waals surface area (Å²) in [5.74, 6) is -0.458. The summed E-state index contributed by atoms with van der Waals surface area (Å²) in [6, 6.07) is 17.2. The largest absolute Gasteiger partial charge is 0.463 e.